The summed E-state index contributed by atoms with van der Waals surface area (Å²) in [5.41, 5.74) is 2.61. The molecule has 2 aromatic carbocycles. The van der Waals surface area contributed by atoms with Gasteiger partial charge in [-0.2, -0.15) is 0 Å². The normalized spacial score (nSPS) is 21.9. The van der Waals surface area contributed by atoms with Gasteiger partial charge in [-0.05, 0) is 50.3 Å². The lowest BCUT2D eigenvalue weighted by Gasteiger charge is -2.33. The van der Waals surface area contributed by atoms with Crippen LogP contribution in [0, 0.1) is 5.92 Å². The summed E-state index contributed by atoms with van der Waals surface area (Å²) in [5, 5.41) is 3.21. The predicted octanol–water partition coefficient (Wildman–Crippen LogP) is 3.73. The minimum Gasteiger partial charge on any atom is -0.489 e. The summed E-state index contributed by atoms with van der Waals surface area (Å²) in [6.45, 7) is 8.71. The molecule has 1 fully saturated rings. The molecule has 172 valence electrons. The van der Waals surface area contributed by atoms with E-state index in [2.05, 4.69) is 64.5 Å². The number of benzene rings is 2. The van der Waals surface area contributed by atoms with Gasteiger partial charge in [0.25, 0.3) is 0 Å². The Morgan fingerprint density at radius 1 is 1.03 bits per heavy atom. The largest absolute Gasteiger partial charge is 0.489 e. The maximum absolute atomic E-state index is 12.6. The number of piperidine rings is 1. The number of nitrogens with zero attached hydrogens (tertiary/aromatic N) is 2. The van der Waals surface area contributed by atoms with Crippen LogP contribution in [0.4, 0.5) is 0 Å². The van der Waals surface area contributed by atoms with Crippen molar-refractivity contribution in [2.75, 3.05) is 39.3 Å². The van der Waals surface area contributed by atoms with Gasteiger partial charge in [0.1, 0.15) is 11.9 Å². The number of likely N-dealkylation sites (tertiary alicyclic amines) is 1. The van der Waals surface area contributed by atoms with Gasteiger partial charge >= 0.3 is 0 Å². The third-order valence-corrected chi connectivity index (χ3v) is 6.62. The molecule has 0 radical (unpaired) electrons. The highest BCUT2D eigenvalue weighted by molar-refractivity contribution is 5.76. The van der Waals surface area contributed by atoms with Gasteiger partial charge in [0.15, 0.2) is 0 Å². The zero-order valence-corrected chi connectivity index (χ0v) is 19.3. The van der Waals surface area contributed by atoms with Gasteiger partial charge in [-0.15, -0.1) is 0 Å². The standard InChI is InChI=1S/C27H37N3O2/c1-22-19-30(21-25-11-5-6-12-26(25)32-22)17-14-27(31)28-18-24-10-7-15-29(20-24)16-13-23-8-3-2-4-9-23/h2-6,8-9,11-12,22,24H,7,10,13-21H2,1H3,(H,28,31). The average molecular weight is 436 g/mol. The van der Waals surface area contributed by atoms with Gasteiger partial charge in [-0.1, -0.05) is 48.5 Å². The minimum atomic E-state index is 0.130. The molecule has 0 aliphatic carbocycles. The molecule has 1 N–H and O–H groups in total. The summed E-state index contributed by atoms with van der Waals surface area (Å²) >= 11 is 0. The SMILES string of the molecule is CC1CN(CCC(=O)NCC2CCCN(CCc3ccccc3)C2)Cc2ccccc2O1. The fraction of sp³-hybridized carbons (Fsp3) is 0.519. The van der Waals surface area contributed by atoms with Gasteiger partial charge in [0.05, 0.1) is 0 Å². The zero-order valence-electron chi connectivity index (χ0n) is 19.3. The topological polar surface area (TPSA) is 44.8 Å². The highest BCUT2D eigenvalue weighted by Crippen LogP contribution is 2.24. The fourth-order valence-electron chi connectivity index (χ4n) is 4.90. The minimum absolute atomic E-state index is 0.130. The van der Waals surface area contributed by atoms with Crippen LogP contribution in [0.2, 0.25) is 0 Å². The van der Waals surface area contributed by atoms with E-state index in [0.717, 1.165) is 51.4 Å². The molecule has 1 amide bonds. The van der Waals surface area contributed by atoms with Gasteiger partial charge in [0, 0.05) is 51.3 Å². The first kappa shape index (κ1) is 22.8. The van der Waals surface area contributed by atoms with E-state index >= 15 is 0 Å². The third kappa shape index (κ3) is 6.81. The van der Waals surface area contributed by atoms with Crippen molar-refractivity contribution in [3.05, 3.63) is 65.7 Å². The van der Waals surface area contributed by atoms with E-state index in [9.17, 15) is 4.79 Å². The fourth-order valence-corrected chi connectivity index (χ4v) is 4.90. The first-order chi connectivity index (χ1) is 15.7. The van der Waals surface area contributed by atoms with Crippen molar-refractivity contribution in [2.24, 2.45) is 5.92 Å². The number of fused-ring (bicyclic) bond motifs is 1. The van der Waals surface area contributed by atoms with Crippen molar-refractivity contribution in [2.45, 2.75) is 45.3 Å². The van der Waals surface area contributed by atoms with E-state index in [4.69, 9.17) is 4.74 Å². The highest BCUT2D eigenvalue weighted by Gasteiger charge is 2.22. The molecule has 0 bridgehead atoms. The van der Waals surface area contributed by atoms with Crippen LogP contribution in [0.5, 0.6) is 5.75 Å². The highest BCUT2D eigenvalue weighted by atomic mass is 16.5. The molecule has 2 aliphatic rings. The second-order valence-electron chi connectivity index (χ2n) is 9.37. The van der Waals surface area contributed by atoms with Crippen molar-refractivity contribution in [3.8, 4) is 5.75 Å². The predicted molar refractivity (Wildman–Crippen MR) is 129 cm³/mol. The Morgan fingerprint density at radius 2 is 1.84 bits per heavy atom. The van der Waals surface area contributed by atoms with Crippen LogP contribution >= 0.6 is 0 Å². The third-order valence-electron chi connectivity index (χ3n) is 6.62. The van der Waals surface area contributed by atoms with Gasteiger partial charge in [-0.25, -0.2) is 0 Å². The Kier molecular flexibility index (Phi) is 8.18. The molecule has 1 saturated heterocycles. The summed E-state index contributed by atoms with van der Waals surface area (Å²) in [7, 11) is 0. The van der Waals surface area contributed by atoms with E-state index in [1.54, 1.807) is 0 Å². The number of amides is 1. The lowest BCUT2D eigenvalue weighted by atomic mass is 9.97. The zero-order chi connectivity index (χ0) is 22.2. The van der Waals surface area contributed by atoms with Crippen LogP contribution in [-0.2, 0) is 17.8 Å². The molecular weight excluding hydrogens is 398 g/mol. The Hall–Kier alpha value is -2.37. The van der Waals surface area contributed by atoms with E-state index in [-0.39, 0.29) is 12.0 Å². The number of carbonyl (C=O) groups excluding carboxylic acids is 1. The molecule has 0 saturated carbocycles. The van der Waals surface area contributed by atoms with Gasteiger partial charge in [-0.3, -0.25) is 9.69 Å². The lowest BCUT2D eigenvalue weighted by Crippen LogP contribution is -2.42. The van der Waals surface area contributed by atoms with Crippen LogP contribution in [0.3, 0.4) is 0 Å². The summed E-state index contributed by atoms with van der Waals surface area (Å²) in [5.74, 6) is 1.69. The molecule has 2 aliphatic heterocycles. The van der Waals surface area contributed by atoms with E-state index in [1.807, 2.05) is 12.1 Å². The maximum atomic E-state index is 12.6. The van der Waals surface area contributed by atoms with Crippen LogP contribution in [0.25, 0.3) is 0 Å². The monoisotopic (exact) mass is 435 g/mol. The Balaban J connectivity index is 1.17. The Bertz CT molecular complexity index is 857. The average Bonchev–Trinajstić information content (AvgIpc) is 2.98. The van der Waals surface area contributed by atoms with Gasteiger partial charge in [0.2, 0.25) is 5.91 Å². The molecule has 0 aromatic heterocycles. The molecule has 32 heavy (non-hydrogen) atoms. The Labute approximate surface area is 192 Å². The molecule has 5 heteroatoms. The first-order valence-corrected chi connectivity index (χ1v) is 12.2. The van der Waals surface area contributed by atoms with Crippen LogP contribution in [-0.4, -0.2) is 61.1 Å². The van der Waals surface area contributed by atoms with Crippen molar-refractivity contribution in [1.29, 1.82) is 0 Å². The van der Waals surface area contributed by atoms with E-state index in [0.29, 0.717) is 12.3 Å². The van der Waals surface area contributed by atoms with Crippen LogP contribution in [0.1, 0.15) is 37.3 Å². The van der Waals surface area contributed by atoms with Crippen molar-refractivity contribution >= 4 is 5.91 Å². The molecule has 2 atom stereocenters. The van der Waals surface area contributed by atoms with E-state index < -0.39 is 0 Å². The summed E-state index contributed by atoms with van der Waals surface area (Å²) in [6.07, 6.45) is 4.20. The van der Waals surface area contributed by atoms with Crippen molar-refractivity contribution < 1.29 is 9.53 Å². The summed E-state index contributed by atoms with van der Waals surface area (Å²) in [4.78, 5) is 17.4. The number of ether oxygens (including phenoxy) is 1. The van der Waals surface area contributed by atoms with Crippen molar-refractivity contribution in [3.63, 3.8) is 0 Å². The molecular formula is C27H37N3O2. The molecule has 4 rings (SSSR count). The van der Waals surface area contributed by atoms with Gasteiger partial charge < -0.3 is 15.0 Å². The lowest BCUT2D eigenvalue weighted by molar-refractivity contribution is -0.121. The maximum Gasteiger partial charge on any atom is 0.221 e. The Morgan fingerprint density at radius 3 is 2.72 bits per heavy atom. The van der Waals surface area contributed by atoms with Crippen LogP contribution in [0.15, 0.2) is 54.6 Å². The molecule has 0 spiro atoms. The number of carbonyl (C=O) groups is 1. The second kappa shape index (κ2) is 11.5. The molecule has 2 unspecified atom stereocenters. The van der Waals surface area contributed by atoms with E-state index in [1.165, 1.54) is 30.5 Å². The number of hydrogen-bond donors (Lipinski definition) is 1. The first-order valence-electron chi connectivity index (χ1n) is 12.2. The number of rotatable bonds is 8. The molecule has 2 aromatic rings. The quantitative estimate of drug-likeness (QED) is 0.686. The number of para-hydroxylation sites is 1. The molecule has 5 nitrogen and oxygen atoms in total. The smallest absolute Gasteiger partial charge is 0.221 e. The number of nitrogens with one attached hydrogen (secondary N) is 1. The summed E-state index contributed by atoms with van der Waals surface area (Å²) < 4.78 is 6.03. The second-order valence-corrected chi connectivity index (χ2v) is 9.37. The molecule has 2 heterocycles. The van der Waals surface area contributed by atoms with Crippen molar-refractivity contribution in [1.82, 2.24) is 15.1 Å². The number of hydrogen-bond acceptors (Lipinski definition) is 4. The summed E-state index contributed by atoms with van der Waals surface area (Å²) in [6, 6.07) is 18.9. The van der Waals surface area contributed by atoms with Crippen LogP contribution < -0.4 is 10.1 Å².